The van der Waals surface area contributed by atoms with E-state index in [0.29, 0.717) is 23.1 Å². The van der Waals surface area contributed by atoms with E-state index in [1.807, 2.05) is 12.1 Å². The van der Waals surface area contributed by atoms with Crippen LogP contribution in [0.2, 0.25) is 0 Å². The van der Waals surface area contributed by atoms with E-state index in [-0.39, 0.29) is 17.7 Å². The molecule has 4 nitrogen and oxygen atoms in total. The Balaban J connectivity index is 1.27. The smallest absolute Gasteiger partial charge is 0.167 e. The van der Waals surface area contributed by atoms with Crippen molar-refractivity contribution < 1.29 is 14.2 Å². The van der Waals surface area contributed by atoms with Gasteiger partial charge in [0.15, 0.2) is 11.6 Å². The van der Waals surface area contributed by atoms with E-state index < -0.39 is 0 Å². The Morgan fingerprint density at radius 2 is 2.00 bits per heavy atom. The number of likely N-dealkylation sites (tertiary alicyclic amines) is 1. The van der Waals surface area contributed by atoms with Gasteiger partial charge in [-0.1, -0.05) is 23.9 Å². The van der Waals surface area contributed by atoms with Crippen LogP contribution >= 0.6 is 11.8 Å². The van der Waals surface area contributed by atoms with Crippen molar-refractivity contribution >= 4 is 11.8 Å². The number of ether oxygens (including phenoxy) is 1. The van der Waals surface area contributed by atoms with E-state index in [2.05, 4.69) is 9.88 Å². The van der Waals surface area contributed by atoms with E-state index in [1.165, 1.54) is 6.20 Å². The summed E-state index contributed by atoms with van der Waals surface area (Å²) in [6.45, 7) is 3.89. The van der Waals surface area contributed by atoms with E-state index in [0.717, 1.165) is 36.8 Å². The fourth-order valence-corrected chi connectivity index (χ4v) is 4.87. The number of aryl methyl sites for hydroxylation is 1. The third-order valence-electron chi connectivity index (χ3n) is 5.35. The van der Waals surface area contributed by atoms with Crippen molar-refractivity contribution in [2.75, 3.05) is 19.0 Å². The van der Waals surface area contributed by atoms with Crippen LogP contribution in [-0.4, -0.2) is 40.1 Å². The molecule has 1 N–H and O–H groups in total. The average Bonchev–Trinajstić information content (AvgIpc) is 3.16. The van der Waals surface area contributed by atoms with Crippen LogP contribution in [-0.2, 0) is 0 Å². The molecule has 0 amide bonds. The molecule has 0 spiro atoms. The Bertz CT molecular complexity index is 757. The second-order valence-corrected chi connectivity index (χ2v) is 8.25. The number of rotatable bonds is 5. The summed E-state index contributed by atoms with van der Waals surface area (Å²) in [4.78, 5) is 6.67. The molecule has 1 aliphatic heterocycles. The minimum absolute atomic E-state index is 0.120. The zero-order valence-electron chi connectivity index (χ0n) is 14.8. The van der Waals surface area contributed by atoms with Crippen molar-refractivity contribution in [2.24, 2.45) is 11.8 Å². The number of nitrogens with zero attached hydrogens (tertiary/aromatic N) is 2. The van der Waals surface area contributed by atoms with Gasteiger partial charge in [0.1, 0.15) is 5.75 Å². The SMILES string of the molecule is Cc1cccc(O[C@H]2C[C@@H]3CN(CSc4ccc(O)cn4)C[C@@H]3C2)c1F. The molecular weight excluding hydrogens is 351 g/mol. The molecule has 0 bridgehead atoms. The Kier molecular flexibility index (Phi) is 5.05. The number of benzene rings is 1. The monoisotopic (exact) mass is 374 g/mol. The summed E-state index contributed by atoms with van der Waals surface area (Å²) in [5.41, 5.74) is 0.631. The minimum atomic E-state index is -0.232. The largest absolute Gasteiger partial charge is 0.506 e. The van der Waals surface area contributed by atoms with Crippen molar-refractivity contribution in [3.8, 4) is 11.5 Å². The highest BCUT2D eigenvalue weighted by atomic mass is 32.2. The van der Waals surface area contributed by atoms with Crippen LogP contribution in [0, 0.1) is 24.6 Å². The van der Waals surface area contributed by atoms with Crippen LogP contribution in [0.25, 0.3) is 0 Å². The molecule has 138 valence electrons. The third kappa shape index (κ3) is 3.81. The van der Waals surface area contributed by atoms with Crippen LogP contribution in [0.1, 0.15) is 18.4 Å². The van der Waals surface area contributed by atoms with Crippen molar-refractivity contribution in [1.29, 1.82) is 0 Å². The minimum Gasteiger partial charge on any atom is -0.506 e. The van der Waals surface area contributed by atoms with Crippen LogP contribution in [0.5, 0.6) is 11.5 Å². The molecule has 0 radical (unpaired) electrons. The topological polar surface area (TPSA) is 45.6 Å². The Morgan fingerprint density at radius 3 is 2.69 bits per heavy atom. The van der Waals surface area contributed by atoms with Crippen LogP contribution < -0.4 is 4.74 Å². The summed E-state index contributed by atoms with van der Waals surface area (Å²) >= 11 is 1.69. The molecule has 0 unspecified atom stereocenters. The summed E-state index contributed by atoms with van der Waals surface area (Å²) in [6, 6.07) is 8.85. The normalized spacial score (nSPS) is 25.4. The molecular formula is C20H23FN2O2S. The maximum absolute atomic E-state index is 14.1. The number of hydrogen-bond acceptors (Lipinski definition) is 5. The second-order valence-electron chi connectivity index (χ2n) is 7.28. The highest BCUT2D eigenvalue weighted by molar-refractivity contribution is 7.99. The maximum Gasteiger partial charge on any atom is 0.167 e. The van der Waals surface area contributed by atoms with Gasteiger partial charge in [0.05, 0.1) is 23.2 Å². The predicted molar refractivity (Wildman–Crippen MR) is 100.0 cm³/mol. The summed E-state index contributed by atoms with van der Waals surface area (Å²) < 4.78 is 20.1. The van der Waals surface area contributed by atoms with Crippen LogP contribution in [0.3, 0.4) is 0 Å². The van der Waals surface area contributed by atoms with E-state index in [9.17, 15) is 9.50 Å². The van der Waals surface area contributed by atoms with Gasteiger partial charge in [-0.2, -0.15) is 0 Å². The first-order chi connectivity index (χ1) is 12.6. The van der Waals surface area contributed by atoms with Crippen LogP contribution in [0.4, 0.5) is 4.39 Å². The first kappa shape index (κ1) is 17.6. The van der Waals surface area contributed by atoms with Gasteiger partial charge in [-0.25, -0.2) is 9.37 Å². The van der Waals surface area contributed by atoms with Gasteiger partial charge in [-0.3, -0.25) is 4.90 Å². The standard InChI is InChI=1S/C20H23FN2O2S/c1-13-3-2-4-18(20(13)21)25-17-7-14-10-23(11-15(14)8-17)12-26-19-6-5-16(24)9-22-19/h2-6,9,14-15,17,24H,7-8,10-12H2,1H3/t14-,15+,17+. The van der Waals surface area contributed by atoms with Gasteiger partial charge in [0.25, 0.3) is 0 Å². The Labute approximate surface area is 157 Å². The molecule has 1 aliphatic carbocycles. The van der Waals surface area contributed by atoms with Crippen molar-refractivity contribution in [3.05, 3.63) is 47.9 Å². The van der Waals surface area contributed by atoms with Gasteiger partial charge in [0.2, 0.25) is 0 Å². The summed E-state index contributed by atoms with van der Waals surface area (Å²) in [5.74, 6) is 2.51. The number of thioether (sulfide) groups is 1. The first-order valence-corrected chi connectivity index (χ1v) is 9.99. The van der Waals surface area contributed by atoms with Gasteiger partial charge < -0.3 is 9.84 Å². The maximum atomic E-state index is 14.1. The highest BCUT2D eigenvalue weighted by Gasteiger charge is 2.41. The summed E-state index contributed by atoms with van der Waals surface area (Å²) in [5, 5.41) is 10.2. The number of aromatic hydroxyl groups is 1. The molecule has 6 heteroatoms. The summed E-state index contributed by atoms with van der Waals surface area (Å²) in [6.07, 6.45) is 3.59. The highest BCUT2D eigenvalue weighted by Crippen LogP contribution is 2.40. The number of fused-ring (bicyclic) bond motifs is 1. The molecule has 2 fully saturated rings. The molecule has 2 heterocycles. The lowest BCUT2D eigenvalue weighted by Crippen LogP contribution is -2.24. The van der Waals surface area contributed by atoms with Gasteiger partial charge in [-0.05, 0) is 55.4 Å². The zero-order valence-corrected chi connectivity index (χ0v) is 15.6. The van der Waals surface area contributed by atoms with Gasteiger partial charge >= 0.3 is 0 Å². The molecule has 1 saturated heterocycles. The lowest BCUT2D eigenvalue weighted by atomic mass is 10.0. The molecule has 1 aromatic carbocycles. The molecule has 1 aromatic heterocycles. The number of hydrogen-bond donors (Lipinski definition) is 1. The Hall–Kier alpha value is -1.79. The number of aromatic nitrogens is 1. The molecule has 4 rings (SSSR count). The quantitative estimate of drug-likeness (QED) is 0.799. The number of pyridine rings is 1. The van der Waals surface area contributed by atoms with Gasteiger partial charge in [0, 0.05) is 13.1 Å². The predicted octanol–water partition coefficient (Wildman–Crippen LogP) is 4.07. The van der Waals surface area contributed by atoms with Crippen molar-refractivity contribution in [2.45, 2.75) is 30.9 Å². The fourth-order valence-electron chi connectivity index (χ4n) is 4.05. The molecule has 3 atom stereocenters. The summed E-state index contributed by atoms with van der Waals surface area (Å²) in [7, 11) is 0. The van der Waals surface area contributed by atoms with E-state index in [1.54, 1.807) is 36.9 Å². The Morgan fingerprint density at radius 1 is 1.23 bits per heavy atom. The fraction of sp³-hybridized carbons (Fsp3) is 0.450. The molecule has 2 aliphatic rings. The second kappa shape index (κ2) is 7.45. The zero-order chi connectivity index (χ0) is 18.1. The lowest BCUT2D eigenvalue weighted by molar-refractivity contribution is 0.181. The van der Waals surface area contributed by atoms with Crippen molar-refractivity contribution in [1.82, 2.24) is 9.88 Å². The van der Waals surface area contributed by atoms with E-state index >= 15 is 0 Å². The van der Waals surface area contributed by atoms with Gasteiger partial charge in [-0.15, -0.1) is 0 Å². The lowest BCUT2D eigenvalue weighted by Gasteiger charge is -2.19. The van der Waals surface area contributed by atoms with E-state index in [4.69, 9.17) is 4.74 Å². The van der Waals surface area contributed by atoms with Crippen LogP contribution in [0.15, 0.2) is 41.6 Å². The first-order valence-electron chi connectivity index (χ1n) is 9.00. The molecule has 1 saturated carbocycles. The molecule has 2 aromatic rings. The molecule has 26 heavy (non-hydrogen) atoms. The average molecular weight is 374 g/mol. The number of halogens is 1. The third-order valence-corrected chi connectivity index (χ3v) is 6.38. The van der Waals surface area contributed by atoms with Crippen molar-refractivity contribution in [3.63, 3.8) is 0 Å².